The number of ether oxygens (including phenoxy) is 1. The molecule has 3 aliphatic rings. The van der Waals surface area contributed by atoms with Gasteiger partial charge in [-0.3, -0.25) is 4.79 Å². The molecule has 1 N–H and O–H groups in total. The Morgan fingerprint density at radius 3 is 2.47 bits per heavy atom. The van der Waals surface area contributed by atoms with E-state index in [2.05, 4.69) is 56.4 Å². The molecule has 3 fully saturated rings. The van der Waals surface area contributed by atoms with Gasteiger partial charge in [0.2, 0.25) is 5.91 Å². The van der Waals surface area contributed by atoms with Gasteiger partial charge in [-0.1, -0.05) is 63.4 Å². The van der Waals surface area contributed by atoms with E-state index in [1.807, 2.05) is 0 Å². The average molecular weight is 412 g/mol. The topological polar surface area (TPSA) is 38.3 Å². The highest BCUT2D eigenvalue weighted by atomic mass is 16.5. The zero-order valence-corrected chi connectivity index (χ0v) is 19.3. The first-order chi connectivity index (χ1) is 14.4. The smallest absolute Gasteiger partial charge is 0.226 e. The van der Waals surface area contributed by atoms with Crippen LogP contribution in [0.1, 0.15) is 90.5 Å². The SMILES string of the molecule is CCOC[C@@]1(C)CC2CC(C)(C(=O)NC3CCCCC3)CC(c3ccccc3)(C2)C1. The zero-order valence-electron chi connectivity index (χ0n) is 19.3. The van der Waals surface area contributed by atoms with Crippen LogP contribution in [-0.2, 0) is 14.9 Å². The highest BCUT2D eigenvalue weighted by Gasteiger charge is 2.56. The minimum Gasteiger partial charge on any atom is -0.381 e. The van der Waals surface area contributed by atoms with E-state index in [1.54, 1.807) is 0 Å². The summed E-state index contributed by atoms with van der Waals surface area (Å²) in [6, 6.07) is 11.4. The summed E-state index contributed by atoms with van der Waals surface area (Å²) in [5.74, 6) is 0.896. The number of benzene rings is 1. The van der Waals surface area contributed by atoms with Gasteiger partial charge in [0.05, 0.1) is 6.61 Å². The van der Waals surface area contributed by atoms with Crippen LogP contribution in [0.15, 0.2) is 30.3 Å². The summed E-state index contributed by atoms with van der Waals surface area (Å²) in [7, 11) is 0. The monoisotopic (exact) mass is 411 g/mol. The normalized spacial score (nSPS) is 37.0. The van der Waals surface area contributed by atoms with Crippen molar-refractivity contribution in [3.63, 3.8) is 0 Å². The van der Waals surface area contributed by atoms with Crippen LogP contribution in [0.2, 0.25) is 0 Å². The number of nitrogens with one attached hydrogen (secondary N) is 1. The molecule has 0 radical (unpaired) electrons. The zero-order chi connectivity index (χ0) is 21.2. The fourth-order valence-corrected chi connectivity index (χ4v) is 7.37. The second-order valence-corrected chi connectivity index (χ2v) is 11.3. The van der Waals surface area contributed by atoms with Crippen molar-refractivity contribution >= 4 is 5.91 Å². The molecule has 1 amide bonds. The number of carbonyl (C=O) groups is 1. The lowest BCUT2D eigenvalue weighted by Gasteiger charge is -2.57. The van der Waals surface area contributed by atoms with E-state index in [-0.39, 0.29) is 16.2 Å². The first-order valence-corrected chi connectivity index (χ1v) is 12.3. The third kappa shape index (κ3) is 4.47. The van der Waals surface area contributed by atoms with E-state index in [0.717, 1.165) is 45.3 Å². The Morgan fingerprint density at radius 2 is 1.77 bits per heavy atom. The molecule has 3 heteroatoms. The van der Waals surface area contributed by atoms with Crippen LogP contribution < -0.4 is 5.32 Å². The van der Waals surface area contributed by atoms with Crippen LogP contribution in [0.25, 0.3) is 0 Å². The number of rotatable bonds is 6. The number of carbonyl (C=O) groups excluding carboxylic acids is 1. The molecule has 0 heterocycles. The standard InChI is InChI=1S/C27H41NO2/c1-4-30-20-25(2)15-21-16-26(3,24(29)28-23-13-9-6-10-14-23)19-27(17-21,18-25)22-11-7-5-8-12-22/h5,7-8,11-12,21,23H,4,6,9-10,13-20H2,1-3H3,(H,28,29)/t21?,25-,26?,27?/m0/s1. The molecule has 0 saturated heterocycles. The van der Waals surface area contributed by atoms with E-state index in [4.69, 9.17) is 4.74 Å². The van der Waals surface area contributed by atoms with Crippen LogP contribution in [0.3, 0.4) is 0 Å². The summed E-state index contributed by atoms with van der Waals surface area (Å²) in [4.78, 5) is 13.6. The van der Waals surface area contributed by atoms with Gasteiger partial charge in [0.25, 0.3) is 0 Å². The molecular weight excluding hydrogens is 370 g/mol. The van der Waals surface area contributed by atoms with Crippen molar-refractivity contribution in [2.45, 2.75) is 96.4 Å². The number of hydrogen-bond acceptors (Lipinski definition) is 2. The van der Waals surface area contributed by atoms with Crippen molar-refractivity contribution in [1.82, 2.24) is 5.32 Å². The summed E-state index contributed by atoms with van der Waals surface area (Å²) in [5.41, 5.74) is 1.42. The second kappa shape index (κ2) is 8.65. The summed E-state index contributed by atoms with van der Waals surface area (Å²) >= 11 is 0. The van der Waals surface area contributed by atoms with Gasteiger partial charge >= 0.3 is 0 Å². The summed E-state index contributed by atoms with van der Waals surface area (Å²) in [5, 5.41) is 3.48. The Bertz CT molecular complexity index is 728. The van der Waals surface area contributed by atoms with E-state index < -0.39 is 0 Å². The van der Waals surface area contributed by atoms with Gasteiger partial charge in [-0.2, -0.15) is 0 Å². The summed E-state index contributed by atoms with van der Waals surface area (Å²) in [6.07, 6.45) is 11.6. The van der Waals surface area contributed by atoms with Gasteiger partial charge < -0.3 is 10.1 Å². The van der Waals surface area contributed by atoms with Gasteiger partial charge in [0, 0.05) is 18.1 Å². The van der Waals surface area contributed by atoms with E-state index in [9.17, 15) is 4.79 Å². The number of hydrogen-bond donors (Lipinski definition) is 1. The molecule has 0 aromatic heterocycles. The second-order valence-electron chi connectivity index (χ2n) is 11.3. The third-order valence-electron chi connectivity index (χ3n) is 8.22. The van der Waals surface area contributed by atoms with Crippen molar-refractivity contribution in [1.29, 1.82) is 0 Å². The summed E-state index contributed by atoms with van der Waals surface area (Å²) in [6.45, 7) is 8.36. The maximum atomic E-state index is 13.6. The maximum Gasteiger partial charge on any atom is 0.226 e. The van der Waals surface area contributed by atoms with Crippen molar-refractivity contribution in [3.05, 3.63) is 35.9 Å². The van der Waals surface area contributed by atoms with Crippen molar-refractivity contribution < 1.29 is 9.53 Å². The fraction of sp³-hybridized carbons (Fsp3) is 0.741. The van der Waals surface area contributed by atoms with Gasteiger partial charge in [-0.25, -0.2) is 0 Å². The molecule has 4 atom stereocenters. The quantitative estimate of drug-likeness (QED) is 0.622. The van der Waals surface area contributed by atoms with E-state index >= 15 is 0 Å². The van der Waals surface area contributed by atoms with Crippen LogP contribution in [0.4, 0.5) is 0 Å². The Kier molecular flexibility index (Phi) is 6.30. The Hall–Kier alpha value is -1.35. The molecule has 4 rings (SSSR count). The van der Waals surface area contributed by atoms with Gasteiger partial charge in [-0.05, 0) is 74.2 Å². The molecule has 0 spiro atoms. The van der Waals surface area contributed by atoms with E-state index in [1.165, 1.54) is 37.7 Å². The predicted molar refractivity (Wildman–Crippen MR) is 122 cm³/mol. The molecule has 1 aromatic rings. The van der Waals surface area contributed by atoms with Crippen molar-refractivity contribution in [2.24, 2.45) is 16.7 Å². The van der Waals surface area contributed by atoms with Crippen molar-refractivity contribution in [2.75, 3.05) is 13.2 Å². The van der Waals surface area contributed by atoms with Gasteiger partial charge in [-0.15, -0.1) is 0 Å². The van der Waals surface area contributed by atoms with Gasteiger partial charge in [0.1, 0.15) is 0 Å². The molecule has 3 aliphatic carbocycles. The Morgan fingerprint density at radius 1 is 1.03 bits per heavy atom. The largest absolute Gasteiger partial charge is 0.381 e. The molecule has 166 valence electrons. The first kappa shape index (κ1) is 21.9. The molecule has 0 aliphatic heterocycles. The average Bonchev–Trinajstić information content (AvgIpc) is 2.73. The van der Waals surface area contributed by atoms with Crippen molar-refractivity contribution in [3.8, 4) is 0 Å². The lowest BCUT2D eigenvalue weighted by molar-refractivity contribution is -0.140. The maximum absolute atomic E-state index is 13.6. The van der Waals surface area contributed by atoms with E-state index in [0.29, 0.717) is 17.9 Å². The lowest BCUT2D eigenvalue weighted by atomic mass is 9.47. The Balaban J connectivity index is 1.61. The molecule has 3 unspecified atom stereocenters. The fourth-order valence-electron chi connectivity index (χ4n) is 7.37. The molecule has 2 bridgehead atoms. The number of amides is 1. The molecular formula is C27H41NO2. The molecule has 3 saturated carbocycles. The minimum atomic E-state index is -0.275. The lowest BCUT2D eigenvalue weighted by Crippen LogP contribution is -2.56. The molecule has 30 heavy (non-hydrogen) atoms. The van der Waals surface area contributed by atoms with Crippen LogP contribution in [0.5, 0.6) is 0 Å². The first-order valence-electron chi connectivity index (χ1n) is 12.3. The minimum absolute atomic E-state index is 0.0763. The highest BCUT2D eigenvalue weighted by molar-refractivity contribution is 5.83. The Labute approximate surface area is 183 Å². The third-order valence-corrected chi connectivity index (χ3v) is 8.22. The van der Waals surface area contributed by atoms with Gasteiger partial charge in [0.15, 0.2) is 0 Å². The summed E-state index contributed by atoms with van der Waals surface area (Å²) < 4.78 is 5.94. The van der Waals surface area contributed by atoms with Crippen LogP contribution >= 0.6 is 0 Å². The number of fused-ring (bicyclic) bond motifs is 2. The van der Waals surface area contributed by atoms with Crippen LogP contribution in [0, 0.1) is 16.7 Å². The molecule has 3 nitrogen and oxygen atoms in total. The molecule has 1 aromatic carbocycles. The van der Waals surface area contributed by atoms with Crippen LogP contribution in [-0.4, -0.2) is 25.2 Å². The highest BCUT2D eigenvalue weighted by Crippen LogP contribution is 2.61. The predicted octanol–water partition coefficient (Wildman–Crippen LogP) is 6.02.